The number of aromatic nitrogens is 3. The van der Waals surface area contributed by atoms with E-state index < -0.39 is 0 Å². The number of aryl methyl sites for hydroxylation is 1. The highest BCUT2D eigenvalue weighted by atomic mass is 16.2. The summed E-state index contributed by atoms with van der Waals surface area (Å²) >= 11 is 0. The molecule has 1 aromatic carbocycles. The fourth-order valence-electron chi connectivity index (χ4n) is 4.65. The second kappa shape index (κ2) is 10.6. The van der Waals surface area contributed by atoms with Crippen molar-refractivity contribution in [2.75, 3.05) is 26.2 Å². The molecule has 0 radical (unpaired) electrons. The molecule has 32 heavy (non-hydrogen) atoms. The molecule has 0 unspecified atom stereocenters. The summed E-state index contributed by atoms with van der Waals surface area (Å²) in [5.74, 6) is 1.26. The first-order valence-corrected chi connectivity index (χ1v) is 11.7. The van der Waals surface area contributed by atoms with E-state index >= 15 is 0 Å². The molecule has 0 saturated carbocycles. The third-order valence-electron chi connectivity index (χ3n) is 6.28. The van der Waals surface area contributed by atoms with Gasteiger partial charge < -0.3 is 9.47 Å². The van der Waals surface area contributed by atoms with E-state index in [-0.39, 0.29) is 11.8 Å². The fraction of sp³-hybridized carbons (Fsp3) is 0.423. The van der Waals surface area contributed by atoms with Crippen molar-refractivity contribution >= 4 is 5.91 Å². The second-order valence-electron chi connectivity index (χ2n) is 8.49. The van der Waals surface area contributed by atoms with Gasteiger partial charge in [0.2, 0.25) is 5.91 Å². The minimum atomic E-state index is -0.0769. The van der Waals surface area contributed by atoms with Crippen LogP contribution in [0.25, 0.3) is 11.1 Å². The maximum atomic E-state index is 13.5. The first-order chi connectivity index (χ1) is 15.7. The molecule has 2 aromatic heterocycles. The Bertz CT molecular complexity index is 1020. The molecular weight excluding hydrogens is 398 g/mol. The molecule has 1 aliphatic heterocycles. The van der Waals surface area contributed by atoms with Gasteiger partial charge in [0.1, 0.15) is 5.82 Å². The van der Waals surface area contributed by atoms with E-state index in [0.29, 0.717) is 0 Å². The van der Waals surface area contributed by atoms with Crippen LogP contribution in [0.15, 0.2) is 61.2 Å². The van der Waals surface area contributed by atoms with Crippen molar-refractivity contribution in [3.05, 3.63) is 72.6 Å². The highest BCUT2D eigenvalue weighted by molar-refractivity contribution is 5.80. The van der Waals surface area contributed by atoms with Gasteiger partial charge in [0.15, 0.2) is 0 Å². The Morgan fingerprint density at radius 3 is 2.72 bits per heavy atom. The van der Waals surface area contributed by atoms with E-state index in [4.69, 9.17) is 0 Å². The van der Waals surface area contributed by atoms with Crippen molar-refractivity contribution in [3.8, 4) is 11.1 Å². The molecule has 168 valence electrons. The smallest absolute Gasteiger partial charge is 0.227 e. The number of imidazole rings is 1. The Kier molecular flexibility index (Phi) is 7.32. The van der Waals surface area contributed by atoms with Gasteiger partial charge in [0.05, 0.1) is 12.5 Å². The van der Waals surface area contributed by atoms with Crippen LogP contribution in [0.3, 0.4) is 0 Å². The molecule has 1 atom stereocenters. The van der Waals surface area contributed by atoms with E-state index in [0.717, 1.165) is 69.1 Å². The van der Waals surface area contributed by atoms with Crippen LogP contribution in [-0.4, -0.2) is 56.4 Å². The van der Waals surface area contributed by atoms with Crippen molar-refractivity contribution in [2.24, 2.45) is 5.92 Å². The number of rotatable bonds is 8. The number of hydrogen-bond donors (Lipinski definition) is 0. The minimum absolute atomic E-state index is 0.0769. The standard InChI is InChI=1S/C26H33N5O/c1-3-13-31-16-15-29(20-25-28-12-14-30(25)4-2)19-23(26(31)32)17-21-8-5-6-10-24(21)22-9-7-11-27-18-22/h5-12,14,18,23H,3-4,13,15-17,19-20H2,1-2H3/t23-/m0/s1. The molecule has 1 fully saturated rings. The Labute approximate surface area is 190 Å². The molecular formula is C26H33N5O. The number of benzene rings is 1. The van der Waals surface area contributed by atoms with E-state index in [9.17, 15) is 4.79 Å². The van der Waals surface area contributed by atoms with E-state index in [1.54, 1.807) is 6.20 Å². The number of hydrogen-bond acceptors (Lipinski definition) is 4. The topological polar surface area (TPSA) is 54.3 Å². The van der Waals surface area contributed by atoms with Crippen LogP contribution in [0.4, 0.5) is 0 Å². The SMILES string of the molecule is CCCN1CCN(Cc2nccn2CC)C[C@H](Cc2ccccc2-c2cccnc2)C1=O. The lowest BCUT2D eigenvalue weighted by Gasteiger charge is -2.24. The van der Waals surface area contributed by atoms with Gasteiger partial charge in [-0.2, -0.15) is 0 Å². The Morgan fingerprint density at radius 1 is 1.06 bits per heavy atom. The van der Waals surface area contributed by atoms with Crippen LogP contribution in [-0.2, 0) is 24.3 Å². The number of pyridine rings is 1. The molecule has 0 spiro atoms. The van der Waals surface area contributed by atoms with Gasteiger partial charge >= 0.3 is 0 Å². The van der Waals surface area contributed by atoms with Gasteiger partial charge in [0, 0.05) is 63.1 Å². The first kappa shape index (κ1) is 22.2. The number of carbonyl (C=O) groups is 1. The molecule has 0 bridgehead atoms. The lowest BCUT2D eigenvalue weighted by atomic mass is 9.91. The molecule has 0 N–H and O–H groups in total. The van der Waals surface area contributed by atoms with Gasteiger partial charge in [0.25, 0.3) is 0 Å². The summed E-state index contributed by atoms with van der Waals surface area (Å²) in [6.45, 7) is 9.18. The molecule has 6 nitrogen and oxygen atoms in total. The van der Waals surface area contributed by atoms with E-state index in [1.165, 1.54) is 5.56 Å². The van der Waals surface area contributed by atoms with Crippen LogP contribution in [0, 0.1) is 5.92 Å². The quantitative estimate of drug-likeness (QED) is 0.543. The highest BCUT2D eigenvalue weighted by Gasteiger charge is 2.31. The maximum absolute atomic E-state index is 13.5. The molecule has 3 aromatic rings. The van der Waals surface area contributed by atoms with Gasteiger partial charge in [-0.05, 0) is 37.0 Å². The Balaban J connectivity index is 1.59. The molecule has 1 saturated heterocycles. The highest BCUT2D eigenvalue weighted by Crippen LogP contribution is 2.27. The molecule has 6 heteroatoms. The van der Waals surface area contributed by atoms with Gasteiger partial charge in [-0.3, -0.25) is 14.7 Å². The second-order valence-corrected chi connectivity index (χ2v) is 8.49. The summed E-state index contributed by atoms with van der Waals surface area (Å²) in [4.78, 5) is 26.8. The lowest BCUT2D eigenvalue weighted by Crippen LogP contribution is -2.38. The average Bonchev–Trinajstić information content (AvgIpc) is 3.23. The number of nitrogens with zero attached hydrogens (tertiary/aromatic N) is 5. The Morgan fingerprint density at radius 2 is 1.94 bits per heavy atom. The van der Waals surface area contributed by atoms with E-state index in [2.05, 4.69) is 68.5 Å². The fourth-order valence-corrected chi connectivity index (χ4v) is 4.65. The van der Waals surface area contributed by atoms with Crippen LogP contribution < -0.4 is 0 Å². The van der Waals surface area contributed by atoms with Crippen molar-refractivity contribution in [3.63, 3.8) is 0 Å². The van der Waals surface area contributed by atoms with Crippen LogP contribution in [0.1, 0.15) is 31.7 Å². The minimum Gasteiger partial charge on any atom is -0.341 e. The normalized spacial score (nSPS) is 17.5. The average molecular weight is 432 g/mol. The van der Waals surface area contributed by atoms with Crippen molar-refractivity contribution in [1.82, 2.24) is 24.3 Å². The molecule has 0 aliphatic carbocycles. The third kappa shape index (κ3) is 5.07. The number of carbonyl (C=O) groups excluding carboxylic acids is 1. The summed E-state index contributed by atoms with van der Waals surface area (Å²) in [7, 11) is 0. The zero-order chi connectivity index (χ0) is 22.3. The summed E-state index contributed by atoms with van der Waals surface area (Å²) in [5, 5.41) is 0. The van der Waals surface area contributed by atoms with Gasteiger partial charge in [-0.15, -0.1) is 0 Å². The third-order valence-corrected chi connectivity index (χ3v) is 6.28. The summed E-state index contributed by atoms with van der Waals surface area (Å²) in [5.41, 5.74) is 3.45. The predicted molar refractivity (Wildman–Crippen MR) is 127 cm³/mol. The van der Waals surface area contributed by atoms with Crippen molar-refractivity contribution in [1.29, 1.82) is 0 Å². The maximum Gasteiger partial charge on any atom is 0.227 e. The van der Waals surface area contributed by atoms with Gasteiger partial charge in [-0.25, -0.2) is 4.98 Å². The summed E-state index contributed by atoms with van der Waals surface area (Å²) in [6, 6.07) is 12.5. The number of amides is 1. The monoisotopic (exact) mass is 431 g/mol. The molecule has 1 aliphatic rings. The zero-order valence-corrected chi connectivity index (χ0v) is 19.2. The van der Waals surface area contributed by atoms with Crippen LogP contribution in [0.5, 0.6) is 0 Å². The predicted octanol–water partition coefficient (Wildman–Crippen LogP) is 3.88. The summed E-state index contributed by atoms with van der Waals surface area (Å²) in [6.07, 6.45) is 9.29. The largest absolute Gasteiger partial charge is 0.341 e. The zero-order valence-electron chi connectivity index (χ0n) is 19.2. The molecule has 4 rings (SSSR count). The van der Waals surface area contributed by atoms with E-state index in [1.807, 2.05) is 24.7 Å². The van der Waals surface area contributed by atoms with Crippen LogP contribution >= 0.6 is 0 Å². The molecule has 3 heterocycles. The van der Waals surface area contributed by atoms with Gasteiger partial charge in [-0.1, -0.05) is 37.3 Å². The van der Waals surface area contributed by atoms with Crippen molar-refractivity contribution < 1.29 is 4.79 Å². The van der Waals surface area contributed by atoms with Crippen molar-refractivity contribution in [2.45, 2.75) is 39.8 Å². The Hall–Kier alpha value is -2.99. The lowest BCUT2D eigenvalue weighted by molar-refractivity contribution is -0.134. The molecule has 1 amide bonds. The van der Waals surface area contributed by atoms with Crippen LogP contribution in [0.2, 0.25) is 0 Å². The first-order valence-electron chi connectivity index (χ1n) is 11.7. The summed E-state index contributed by atoms with van der Waals surface area (Å²) < 4.78 is 2.18.